The number of aromatic nitrogens is 2. The van der Waals surface area contributed by atoms with E-state index in [1.165, 1.54) is 12.1 Å². The molecule has 5 aromatic rings. The smallest absolute Gasteiger partial charge is 0.291 e. The number of hydrogen-bond donors (Lipinski definition) is 1. The summed E-state index contributed by atoms with van der Waals surface area (Å²) in [6, 6.07) is 23.7. The number of nitrogens with zero attached hydrogens (tertiary/aromatic N) is 2. The summed E-state index contributed by atoms with van der Waals surface area (Å²) in [5, 5.41) is 9.62. The number of nitrogens with one attached hydrogen (secondary N) is 1. The Bertz CT molecular complexity index is 1520. The number of fused-ring (bicyclic) bond motifs is 1. The Balaban J connectivity index is 1.24. The monoisotopic (exact) mass is 469 g/mol. The third-order valence-corrected chi connectivity index (χ3v) is 5.83. The van der Waals surface area contributed by atoms with Gasteiger partial charge in [-0.25, -0.2) is 4.39 Å². The summed E-state index contributed by atoms with van der Waals surface area (Å²) in [4.78, 5) is 12.8. The zero-order valence-corrected chi connectivity index (χ0v) is 19.4. The van der Waals surface area contributed by atoms with Crippen molar-refractivity contribution < 1.29 is 18.3 Å². The second-order valence-electron chi connectivity index (χ2n) is 8.35. The molecule has 2 aromatic heterocycles. The highest BCUT2D eigenvalue weighted by Gasteiger charge is 2.18. The van der Waals surface area contributed by atoms with Gasteiger partial charge in [0.25, 0.3) is 5.91 Å². The zero-order valence-electron chi connectivity index (χ0n) is 19.4. The molecule has 7 heteroatoms. The molecule has 6 nitrogen and oxygen atoms in total. The molecule has 176 valence electrons. The molecular weight excluding hydrogens is 445 g/mol. The first-order valence-electron chi connectivity index (χ1n) is 11.3. The molecular formula is C28H24FN3O3. The van der Waals surface area contributed by atoms with Crippen molar-refractivity contribution in [1.29, 1.82) is 0 Å². The van der Waals surface area contributed by atoms with E-state index >= 15 is 0 Å². The number of aryl methyl sites for hydroxylation is 1. The topological polar surface area (TPSA) is 69.3 Å². The van der Waals surface area contributed by atoms with Gasteiger partial charge >= 0.3 is 0 Å². The van der Waals surface area contributed by atoms with E-state index in [4.69, 9.17) is 9.15 Å². The number of benzene rings is 3. The Morgan fingerprint density at radius 3 is 2.66 bits per heavy atom. The molecule has 0 saturated heterocycles. The Hall–Kier alpha value is -4.39. The SMILES string of the molecule is Cc1nn(Cc2cccc(F)c2)c(C)c1NC(=O)c1ccc(COc2ccc3ccccc3c2)o1. The summed E-state index contributed by atoms with van der Waals surface area (Å²) in [5.41, 5.74) is 2.83. The standard InChI is InChI=1S/C28H24FN3O3/c1-18-27(19(2)32(31-18)16-20-6-5-9-23(29)14-20)30-28(33)26-13-12-25(35-26)17-34-24-11-10-21-7-3-4-8-22(21)15-24/h3-15H,16-17H2,1-2H3,(H,30,33). The molecule has 0 atom stereocenters. The van der Waals surface area contributed by atoms with Crippen LogP contribution in [0.4, 0.5) is 10.1 Å². The van der Waals surface area contributed by atoms with Gasteiger partial charge in [0.1, 0.15) is 23.9 Å². The molecule has 0 aliphatic carbocycles. The highest BCUT2D eigenvalue weighted by molar-refractivity contribution is 6.03. The summed E-state index contributed by atoms with van der Waals surface area (Å²) >= 11 is 0. The molecule has 0 aliphatic rings. The van der Waals surface area contributed by atoms with E-state index in [1.54, 1.807) is 22.9 Å². The van der Waals surface area contributed by atoms with E-state index in [0.717, 1.165) is 27.8 Å². The fourth-order valence-corrected chi connectivity index (χ4v) is 4.00. The lowest BCUT2D eigenvalue weighted by molar-refractivity contribution is 0.0992. The van der Waals surface area contributed by atoms with Crippen molar-refractivity contribution in [1.82, 2.24) is 9.78 Å². The van der Waals surface area contributed by atoms with Crippen LogP contribution in [0.1, 0.15) is 33.3 Å². The van der Waals surface area contributed by atoms with Gasteiger partial charge in [0.05, 0.1) is 23.6 Å². The van der Waals surface area contributed by atoms with Gasteiger partial charge < -0.3 is 14.5 Å². The molecule has 0 saturated carbocycles. The predicted molar refractivity (Wildman–Crippen MR) is 132 cm³/mol. The summed E-state index contributed by atoms with van der Waals surface area (Å²) in [7, 11) is 0. The van der Waals surface area contributed by atoms with E-state index in [9.17, 15) is 9.18 Å². The Morgan fingerprint density at radius 2 is 1.83 bits per heavy atom. The Kier molecular flexibility index (Phi) is 6.06. The molecule has 0 fully saturated rings. The molecule has 0 radical (unpaired) electrons. The van der Waals surface area contributed by atoms with Gasteiger partial charge in [0.2, 0.25) is 0 Å². The fourth-order valence-electron chi connectivity index (χ4n) is 4.00. The minimum atomic E-state index is -0.376. The molecule has 0 unspecified atom stereocenters. The van der Waals surface area contributed by atoms with Crippen molar-refractivity contribution in [3.8, 4) is 5.75 Å². The number of amides is 1. The minimum Gasteiger partial charge on any atom is -0.486 e. The molecule has 35 heavy (non-hydrogen) atoms. The van der Waals surface area contributed by atoms with E-state index in [2.05, 4.69) is 10.4 Å². The van der Waals surface area contributed by atoms with Crippen LogP contribution in [0, 0.1) is 19.7 Å². The van der Waals surface area contributed by atoms with Crippen LogP contribution in [0.2, 0.25) is 0 Å². The second-order valence-corrected chi connectivity index (χ2v) is 8.35. The lowest BCUT2D eigenvalue weighted by Crippen LogP contribution is -2.12. The van der Waals surface area contributed by atoms with E-state index in [0.29, 0.717) is 23.7 Å². The number of carbonyl (C=O) groups is 1. The van der Waals surface area contributed by atoms with Crippen LogP contribution in [0.5, 0.6) is 5.75 Å². The van der Waals surface area contributed by atoms with Crippen LogP contribution in [-0.4, -0.2) is 15.7 Å². The number of carbonyl (C=O) groups excluding carboxylic acids is 1. The van der Waals surface area contributed by atoms with Crippen molar-refractivity contribution in [2.75, 3.05) is 5.32 Å². The summed E-state index contributed by atoms with van der Waals surface area (Å²) < 4.78 is 26.8. The Labute approximate surface area is 202 Å². The number of furan rings is 1. The maximum absolute atomic E-state index is 13.5. The summed E-state index contributed by atoms with van der Waals surface area (Å²) in [5.74, 6) is 0.773. The number of anilines is 1. The molecule has 1 amide bonds. The van der Waals surface area contributed by atoms with Gasteiger partial charge in [-0.3, -0.25) is 9.48 Å². The van der Waals surface area contributed by atoms with Gasteiger partial charge in [-0.15, -0.1) is 0 Å². The van der Waals surface area contributed by atoms with Crippen molar-refractivity contribution in [3.05, 3.63) is 113 Å². The molecule has 0 bridgehead atoms. The van der Waals surface area contributed by atoms with Crippen molar-refractivity contribution in [2.24, 2.45) is 0 Å². The largest absolute Gasteiger partial charge is 0.486 e. The minimum absolute atomic E-state index is 0.179. The van der Waals surface area contributed by atoms with Crippen LogP contribution in [0.25, 0.3) is 10.8 Å². The van der Waals surface area contributed by atoms with Crippen molar-refractivity contribution in [2.45, 2.75) is 27.0 Å². The lowest BCUT2D eigenvalue weighted by atomic mass is 10.1. The zero-order chi connectivity index (χ0) is 24.4. The first kappa shape index (κ1) is 22.4. The second kappa shape index (κ2) is 9.46. The van der Waals surface area contributed by atoms with Crippen molar-refractivity contribution in [3.63, 3.8) is 0 Å². The highest BCUT2D eigenvalue weighted by Crippen LogP contribution is 2.24. The highest BCUT2D eigenvalue weighted by atomic mass is 19.1. The maximum Gasteiger partial charge on any atom is 0.291 e. The van der Waals surface area contributed by atoms with Crippen LogP contribution in [0.15, 0.2) is 83.3 Å². The van der Waals surface area contributed by atoms with E-state index in [1.807, 2.05) is 62.4 Å². The van der Waals surface area contributed by atoms with E-state index < -0.39 is 0 Å². The number of halogens is 1. The number of hydrogen-bond acceptors (Lipinski definition) is 4. The van der Waals surface area contributed by atoms with Crippen LogP contribution in [-0.2, 0) is 13.2 Å². The fraction of sp³-hybridized carbons (Fsp3) is 0.143. The first-order valence-corrected chi connectivity index (χ1v) is 11.3. The summed E-state index contributed by atoms with van der Waals surface area (Å²) in [6.07, 6.45) is 0. The predicted octanol–water partition coefficient (Wildman–Crippen LogP) is 6.26. The molecule has 3 aromatic carbocycles. The van der Waals surface area contributed by atoms with Gasteiger partial charge in [-0.05, 0) is 66.6 Å². The molecule has 5 rings (SSSR count). The molecule has 2 heterocycles. The van der Waals surface area contributed by atoms with Gasteiger partial charge in [-0.1, -0.05) is 42.5 Å². The van der Waals surface area contributed by atoms with Crippen LogP contribution in [0.3, 0.4) is 0 Å². The van der Waals surface area contributed by atoms with Gasteiger partial charge in [0, 0.05) is 0 Å². The van der Waals surface area contributed by atoms with Crippen molar-refractivity contribution >= 4 is 22.4 Å². The molecule has 0 spiro atoms. The number of rotatable bonds is 7. The van der Waals surface area contributed by atoms with Gasteiger partial charge in [-0.2, -0.15) is 5.10 Å². The maximum atomic E-state index is 13.5. The van der Waals surface area contributed by atoms with Gasteiger partial charge in [0.15, 0.2) is 5.76 Å². The normalized spacial score (nSPS) is 11.1. The van der Waals surface area contributed by atoms with Crippen LogP contribution < -0.4 is 10.1 Å². The average Bonchev–Trinajstić information content (AvgIpc) is 3.43. The molecule has 0 aliphatic heterocycles. The van der Waals surface area contributed by atoms with Crippen LogP contribution >= 0.6 is 0 Å². The number of ether oxygens (including phenoxy) is 1. The Morgan fingerprint density at radius 1 is 1.00 bits per heavy atom. The summed E-state index contributed by atoms with van der Waals surface area (Å²) in [6.45, 7) is 4.28. The third kappa shape index (κ3) is 4.94. The third-order valence-electron chi connectivity index (χ3n) is 5.83. The van der Waals surface area contributed by atoms with E-state index in [-0.39, 0.29) is 24.1 Å². The quantitative estimate of drug-likeness (QED) is 0.305. The lowest BCUT2D eigenvalue weighted by Gasteiger charge is -2.07. The first-order chi connectivity index (χ1) is 17.0. The molecule has 1 N–H and O–H groups in total. The average molecular weight is 470 g/mol.